The highest BCUT2D eigenvalue weighted by atomic mass is 35.5. The second-order valence-corrected chi connectivity index (χ2v) is 6.83. The Kier molecular flexibility index (Phi) is 5.76. The molecule has 3 N–H and O–H groups in total. The number of carbonyl (C=O) groups is 2. The summed E-state index contributed by atoms with van der Waals surface area (Å²) >= 11 is 5.56. The maximum Gasteiger partial charge on any atom is 0.417 e. The van der Waals surface area contributed by atoms with Crippen molar-refractivity contribution in [1.82, 2.24) is 5.32 Å². The highest BCUT2D eigenvalue weighted by Crippen LogP contribution is 2.36. The monoisotopic (exact) mass is 483 g/mol. The molecule has 0 saturated carbocycles. The first kappa shape index (κ1) is 19.7. The molecule has 0 aliphatic heterocycles. The van der Waals surface area contributed by atoms with Crippen molar-refractivity contribution in [2.75, 3.05) is 17.6 Å². The average Bonchev–Trinajstić information content (AvgIpc) is 2.75. The third-order valence-electron chi connectivity index (χ3n) is 4.11. The minimum absolute atomic E-state index is 0.0550. The third-order valence-corrected chi connectivity index (χ3v) is 4.44. The summed E-state index contributed by atoms with van der Waals surface area (Å²) in [5, 5.41) is 17.7. The second kappa shape index (κ2) is 9.65. The number of benzene rings is 2. The number of hydrogen-bond donors (Lipinski definition) is 3. The highest BCUT2D eigenvalue weighted by molar-refractivity contribution is 6.31. The molecular weight excluding hydrogens is 465 g/mol. The van der Waals surface area contributed by atoms with Gasteiger partial charge in [0.15, 0.2) is 6.20 Å². The first-order valence-electron chi connectivity index (χ1n) is 10.5. The number of nitrogens with zero attached hydrogens (tertiary/aromatic N) is 1. The summed E-state index contributed by atoms with van der Waals surface area (Å²) in [5.41, 5.74) is -1.45. The fraction of sp³-hybridized carbons (Fsp3) is 0.0952. The molecule has 0 saturated heterocycles. The van der Waals surface area contributed by atoms with E-state index in [2.05, 4.69) is 10.6 Å². The number of alkyl halides is 3. The van der Waals surface area contributed by atoms with Crippen LogP contribution < -0.4 is 25.4 Å². The van der Waals surface area contributed by atoms with Gasteiger partial charge in [0.2, 0.25) is 0 Å². The van der Waals surface area contributed by atoms with Gasteiger partial charge in [-0.3, -0.25) is 4.79 Å². The Balaban J connectivity index is 1.64. The number of urea groups is 1. The van der Waals surface area contributed by atoms with Crippen LogP contribution in [0.15, 0.2) is 60.8 Å². The largest absolute Gasteiger partial charge is 0.618 e. The van der Waals surface area contributed by atoms with Crippen LogP contribution in [0.4, 0.5) is 29.3 Å². The van der Waals surface area contributed by atoms with Gasteiger partial charge in [0, 0.05) is 28.5 Å². The van der Waals surface area contributed by atoms with Crippen molar-refractivity contribution in [2.45, 2.75) is 6.18 Å². The first-order valence-corrected chi connectivity index (χ1v) is 9.37. The molecule has 33 heavy (non-hydrogen) atoms. The van der Waals surface area contributed by atoms with E-state index in [-0.39, 0.29) is 27.6 Å². The van der Waals surface area contributed by atoms with E-state index in [9.17, 15) is 28.0 Å². The topological polar surface area (TPSA) is 106 Å². The molecule has 2 aromatic carbocycles. The van der Waals surface area contributed by atoms with Crippen LogP contribution in [0, 0.1) is 5.21 Å². The molecule has 0 aliphatic carbocycles. The Hall–Kier alpha value is -3.99. The van der Waals surface area contributed by atoms with Crippen LogP contribution in [0.25, 0.3) is 0 Å². The minimum Gasteiger partial charge on any atom is -0.618 e. The van der Waals surface area contributed by atoms with Crippen molar-refractivity contribution < 1.29 is 36.3 Å². The van der Waals surface area contributed by atoms with Gasteiger partial charge in [0.05, 0.1) is 16.7 Å². The Morgan fingerprint density at radius 2 is 1.70 bits per heavy atom. The zero-order valence-electron chi connectivity index (χ0n) is 19.4. The van der Waals surface area contributed by atoms with Gasteiger partial charge in [0.25, 0.3) is 5.69 Å². The smallest absolute Gasteiger partial charge is 0.417 e. The molecule has 0 fully saturated rings. The van der Waals surface area contributed by atoms with E-state index in [1.807, 2.05) is 0 Å². The van der Waals surface area contributed by atoms with E-state index in [1.54, 1.807) is 5.32 Å². The second-order valence-electron chi connectivity index (χ2n) is 6.43. The summed E-state index contributed by atoms with van der Waals surface area (Å²) in [7, 11) is 0. The number of amides is 3. The molecular formula is C21H16ClF3N4O4. The fourth-order valence-corrected chi connectivity index (χ4v) is 2.84. The molecule has 0 aliphatic rings. The number of aromatic nitrogens is 1. The van der Waals surface area contributed by atoms with Gasteiger partial charge in [-0.25, -0.2) is 4.79 Å². The van der Waals surface area contributed by atoms with Gasteiger partial charge in [-0.05, 0) is 42.5 Å². The summed E-state index contributed by atoms with van der Waals surface area (Å²) in [6.45, 7) is -2.79. The molecule has 1 aromatic heterocycles. The number of rotatable bonds is 5. The lowest BCUT2D eigenvalue weighted by Gasteiger charge is -2.12. The number of hydrogen-bond acceptors (Lipinski definition) is 4. The maximum atomic E-state index is 13.0. The van der Waals surface area contributed by atoms with Crippen molar-refractivity contribution in [2.24, 2.45) is 0 Å². The predicted molar refractivity (Wildman–Crippen MR) is 114 cm³/mol. The SMILES string of the molecule is [2H]C([2H])([2H])NC(=O)c1cc(Oc2ccc(NC(=O)Nc3ccc(Cl)c(C(F)(F)F)c3)cc2)cc[n+]1[O-]. The van der Waals surface area contributed by atoms with E-state index in [1.165, 1.54) is 36.4 Å². The lowest BCUT2D eigenvalue weighted by molar-refractivity contribution is -0.607. The zero-order chi connectivity index (χ0) is 26.7. The summed E-state index contributed by atoms with van der Waals surface area (Å²) in [5.74, 6) is -0.831. The fourth-order valence-electron chi connectivity index (χ4n) is 2.62. The van der Waals surface area contributed by atoms with Gasteiger partial charge in [-0.15, -0.1) is 0 Å². The van der Waals surface area contributed by atoms with Crippen LogP contribution in [0.3, 0.4) is 0 Å². The number of pyridine rings is 1. The van der Waals surface area contributed by atoms with Crippen molar-refractivity contribution >= 4 is 34.9 Å². The van der Waals surface area contributed by atoms with Crippen molar-refractivity contribution in [3.8, 4) is 11.5 Å². The molecule has 3 aromatic rings. The molecule has 172 valence electrons. The van der Waals surface area contributed by atoms with Crippen LogP contribution in [-0.2, 0) is 6.18 Å². The summed E-state index contributed by atoms with van der Waals surface area (Å²) in [6.07, 6.45) is -3.72. The van der Waals surface area contributed by atoms with Crippen molar-refractivity contribution in [1.29, 1.82) is 0 Å². The van der Waals surface area contributed by atoms with E-state index >= 15 is 0 Å². The van der Waals surface area contributed by atoms with Gasteiger partial charge in [-0.1, -0.05) is 11.6 Å². The lowest BCUT2D eigenvalue weighted by Crippen LogP contribution is -2.37. The maximum absolute atomic E-state index is 13.0. The Labute approximate surface area is 194 Å². The third kappa shape index (κ3) is 6.04. The van der Waals surface area contributed by atoms with Crippen LogP contribution in [0.5, 0.6) is 11.5 Å². The number of ether oxygens (including phenoxy) is 1. The van der Waals surface area contributed by atoms with Gasteiger partial charge < -0.3 is 25.9 Å². The summed E-state index contributed by atoms with van der Waals surface area (Å²) in [6, 6.07) is 10.1. The molecule has 0 atom stereocenters. The quantitative estimate of drug-likeness (QED) is 0.358. The molecule has 3 rings (SSSR count). The molecule has 1 heterocycles. The number of nitrogens with one attached hydrogen (secondary N) is 3. The van der Waals surface area contributed by atoms with E-state index < -0.39 is 41.4 Å². The standard InChI is InChI=1S/C21H16ClF3N4O4/c1-26-19(30)18-11-15(8-9-29(18)32)33-14-5-2-12(3-6-14)27-20(31)28-13-4-7-17(22)16(10-13)21(23,24)25/h2-11H,1H3,(H,26,30)(H2,27,28,31)/i1D3. The molecule has 3 amide bonds. The highest BCUT2D eigenvalue weighted by Gasteiger charge is 2.33. The molecule has 0 spiro atoms. The van der Waals surface area contributed by atoms with Gasteiger partial charge >= 0.3 is 18.1 Å². The summed E-state index contributed by atoms with van der Waals surface area (Å²) < 4.78 is 65.8. The van der Waals surface area contributed by atoms with E-state index in [4.69, 9.17) is 20.5 Å². The number of halogens is 4. The van der Waals surface area contributed by atoms with Crippen LogP contribution in [0.2, 0.25) is 5.02 Å². The number of anilines is 2. The Bertz CT molecular complexity index is 1290. The first-order chi connectivity index (χ1) is 16.7. The van der Waals surface area contributed by atoms with Crippen molar-refractivity contribution in [3.63, 3.8) is 0 Å². The predicted octanol–water partition coefficient (Wildman–Crippen LogP) is 4.79. The molecule has 8 nitrogen and oxygen atoms in total. The van der Waals surface area contributed by atoms with Crippen LogP contribution in [-0.4, -0.2) is 18.9 Å². The normalized spacial score (nSPS) is 12.7. The summed E-state index contributed by atoms with van der Waals surface area (Å²) in [4.78, 5) is 24.2. The Morgan fingerprint density at radius 1 is 1.03 bits per heavy atom. The average molecular weight is 484 g/mol. The van der Waals surface area contributed by atoms with E-state index in [0.29, 0.717) is 6.07 Å². The lowest BCUT2D eigenvalue weighted by atomic mass is 10.2. The van der Waals surface area contributed by atoms with Gasteiger partial charge in [-0.2, -0.15) is 17.9 Å². The molecule has 0 radical (unpaired) electrons. The zero-order valence-corrected chi connectivity index (χ0v) is 17.1. The molecule has 0 unspecified atom stereocenters. The van der Waals surface area contributed by atoms with Gasteiger partial charge in [0.1, 0.15) is 11.5 Å². The molecule has 0 bridgehead atoms. The number of carbonyl (C=O) groups excluding carboxylic acids is 2. The minimum atomic E-state index is -4.69. The van der Waals surface area contributed by atoms with Crippen LogP contribution >= 0.6 is 11.6 Å². The van der Waals surface area contributed by atoms with Crippen LogP contribution in [0.1, 0.15) is 20.2 Å². The van der Waals surface area contributed by atoms with E-state index in [0.717, 1.165) is 18.3 Å². The molecule has 12 heteroatoms. The van der Waals surface area contributed by atoms with Crippen molar-refractivity contribution in [3.05, 3.63) is 82.3 Å². The Morgan fingerprint density at radius 3 is 2.36 bits per heavy atom.